The Bertz CT molecular complexity index is 879. The molecule has 5 rings (SSSR count). The minimum atomic E-state index is -0.488. The lowest BCUT2D eigenvalue weighted by atomic mass is 9.96. The van der Waals surface area contributed by atoms with Gasteiger partial charge in [-0.05, 0) is 36.9 Å². The zero-order valence-corrected chi connectivity index (χ0v) is 16.1. The molecule has 0 radical (unpaired) electrons. The Morgan fingerprint density at radius 3 is 3.00 bits per heavy atom. The molecule has 1 fully saturated rings. The first-order valence-electron chi connectivity index (χ1n) is 10.4. The fourth-order valence-corrected chi connectivity index (χ4v) is 4.52. The highest BCUT2D eigenvalue weighted by Gasteiger charge is 2.33. The topological polar surface area (TPSA) is 67.3 Å². The highest BCUT2D eigenvalue weighted by Crippen LogP contribution is 2.30. The van der Waals surface area contributed by atoms with Gasteiger partial charge in [-0.15, -0.1) is 0 Å². The smallest absolute Gasteiger partial charge is 0.256 e. The highest BCUT2D eigenvalue weighted by molar-refractivity contribution is 5.83. The number of benzene rings is 1. The van der Waals surface area contributed by atoms with Crippen molar-refractivity contribution in [1.82, 2.24) is 20.2 Å². The van der Waals surface area contributed by atoms with Crippen molar-refractivity contribution >= 4 is 5.91 Å². The molecule has 0 aliphatic carbocycles. The van der Waals surface area contributed by atoms with Gasteiger partial charge in [0.05, 0.1) is 18.3 Å². The summed E-state index contributed by atoms with van der Waals surface area (Å²) >= 11 is 0. The van der Waals surface area contributed by atoms with Gasteiger partial charge < -0.3 is 15.0 Å². The fraction of sp³-hybridized carbons (Fsp3) is 0.500. The molecular weight excluding hydrogens is 352 g/mol. The Morgan fingerprint density at radius 1 is 1.18 bits per heavy atom. The molecule has 0 bridgehead atoms. The monoisotopic (exact) mass is 378 g/mol. The highest BCUT2D eigenvalue weighted by atomic mass is 16.5. The molecule has 2 atom stereocenters. The van der Waals surface area contributed by atoms with E-state index in [9.17, 15) is 4.79 Å². The first-order chi connectivity index (χ1) is 13.8. The average molecular weight is 378 g/mol. The zero-order chi connectivity index (χ0) is 18.9. The largest absolute Gasteiger partial charge is 0.363 e. The van der Waals surface area contributed by atoms with Gasteiger partial charge in [0.1, 0.15) is 5.82 Å². The lowest BCUT2D eigenvalue weighted by Crippen LogP contribution is -2.41. The third-order valence-corrected chi connectivity index (χ3v) is 6.10. The van der Waals surface area contributed by atoms with Gasteiger partial charge in [-0.3, -0.25) is 4.79 Å². The van der Waals surface area contributed by atoms with Crippen LogP contribution in [0.15, 0.2) is 30.5 Å². The van der Waals surface area contributed by atoms with Crippen LogP contribution in [0.4, 0.5) is 0 Å². The molecule has 2 aromatic rings. The van der Waals surface area contributed by atoms with E-state index in [-0.39, 0.29) is 11.9 Å². The molecule has 0 unspecified atom stereocenters. The van der Waals surface area contributed by atoms with E-state index in [4.69, 9.17) is 9.72 Å². The van der Waals surface area contributed by atoms with Crippen LogP contribution in [0.3, 0.4) is 0 Å². The van der Waals surface area contributed by atoms with E-state index in [0.717, 1.165) is 48.5 Å². The van der Waals surface area contributed by atoms with Crippen LogP contribution in [0.2, 0.25) is 0 Å². The van der Waals surface area contributed by atoms with Gasteiger partial charge in [-0.25, -0.2) is 9.97 Å². The third-order valence-electron chi connectivity index (χ3n) is 6.10. The Balaban J connectivity index is 1.33. The molecule has 3 aliphatic rings. The van der Waals surface area contributed by atoms with Crippen LogP contribution in [0.1, 0.15) is 59.6 Å². The number of hydrogen-bond donors (Lipinski definition) is 1. The van der Waals surface area contributed by atoms with E-state index in [1.54, 1.807) is 0 Å². The molecule has 0 spiro atoms. The molecule has 1 N–H and O–H groups in total. The van der Waals surface area contributed by atoms with Crippen molar-refractivity contribution in [2.45, 2.75) is 50.8 Å². The van der Waals surface area contributed by atoms with Gasteiger partial charge in [0.2, 0.25) is 0 Å². The van der Waals surface area contributed by atoms with Gasteiger partial charge in [0, 0.05) is 31.3 Å². The molecule has 146 valence electrons. The number of carbonyl (C=O) groups is 1. The maximum absolute atomic E-state index is 13.2. The fourth-order valence-electron chi connectivity index (χ4n) is 4.52. The maximum atomic E-state index is 13.2. The number of hydrogen-bond acceptors (Lipinski definition) is 5. The summed E-state index contributed by atoms with van der Waals surface area (Å²) in [7, 11) is 0. The summed E-state index contributed by atoms with van der Waals surface area (Å²) < 4.78 is 5.88. The van der Waals surface area contributed by atoms with Crippen molar-refractivity contribution in [3.8, 4) is 0 Å². The van der Waals surface area contributed by atoms with Crippen LogP contribution in [0, 0.1) is 0 Å². The van der Waals surface area contributed by atoms with Crippen LogP contribution in [0.5, 0.6) is 0 Å². The molecule has 1 aromatic carbocycles. The van der Waals surface area contributed by atoms with Gasteiger partial charge >= 0.3 is 0 Å². The number of nitrogens with one attached hydrogen (secondary N) is 1. The summed E-state index contributed by atoms with van der Waals surface area (Å²) in [5.41, 5.74) is 4.38. The van der Waals surface area contributed by atoms with Crippen molar-refractivity contribution in [1.29, 1.82) is 0 Å². The number of piperidine rings is 1. The van der Waals surface area contributed by atoms with Gasteiger partial charge in [0.15, 0.2) is 6.10 Å². The standard InChI is InChI=1S/C22H26N4O2/c27-22(20-17-6-2-1-5-15(17)9-12-28-20)26-11-8-18-16(14-26)13-24-21(25-18)19-7-3-4-10-23-19/h1-2,5-6,13,19-20,23H,3-4,7-12,14H2/t19-,20-/m0/s1. The van der Waals surface area contributed by atoms with Gasteiger partial charge in [-0.1, -0.05) is 30.7 Å². The predicted octanol–water partition coefficient (Wildman–Crippen LogP) is 2.49. The molecule has 6 heteroatoms. The molecule has 1 aromatic heterocycles. The van der Waals surface area contributed by atoms with Crippen LogP contribution in [-0.2, 0) is 28.9 Å². The minimum absolute atomic E-state index is 0.0517. The lowest BCUT2D eigenvalue weighted by Gasteiger charge is -2.33. The van der Waals surface area contributed by atoms with E-state index < -0.39 is 6.10 Å². The van der Waals surface area contributed by atoms with Crippen molar-refractivity contribution in [3.05, 3.63) is 58.7 Å². The molecule has 4 heterocycles. The van der Waals surface area contributed by atoms with E-state index in [2.05, 4.69) is 16.4 Å². The predicted molar refractivity (Wildman–Crippen MR) is 105 cm³/mol. The second-order valence-corrected chi connectivity index (χ2v) is 7.91. The Hall–Kier alpha value is -2.31. The molecule has 0 saturated carbocycles. The summed E-state index contributed by atoms with van der Waals surface area (Å²) in [6.07, 6.45) is 6.63. The molecule has 1 saturated heterocycles. The molecular formula is C22H26N4O2. The SMILES string of the molecule is O=C([C@H]1OCCc2ccccc21)N1CCc2nc([C@@H]3CCCCN3)ncc2C1. The molecule has 3 aliphatic heterocycles. The molecule has 1 amide bonds. The van der Waals surface area contributed by atoms with Crippen LogP contribution in [-0.4, -0.2) is 40.5 Å². The van der Waals surface area contributed by atoms with Crippen molar-refractivity contribution in [2.24, 2.45) is 0 Å². The quantitative estimate of drug-likeness (QED) is 0.870. The number of nitrogens with zero attached hydrogens (tertiary/aromatic N) is 3. The summed E-state index contributed by atoms with van der Waals surface area (Å²) in [4.78, 5) is 24.5. The van der Waals surface area contributed by atoms with E-state index in [1.165, 1.54) is 18.4 Å². The van der Waals surface area contributed by atoms with Gasteiger partial charge in [-0.2, -0.15) is 0 Å². The number of ether oxygens (including phenoxy) is 1. The summed E-state index contributed by atoms with van der Waals surface area (Å²) in [6, 6.07) is 8.39. The van der Waals surface area contributed by atoms with Gasteiger partial charge in [0.25, 0.3) is 5.91 Å². The van der Waals surface area contributed by atoms with Crippen molar-refractivity contribution < 1.29 is 9.53 Å². The first kappa shape index (κ1) is 17.8. The minimum Gasteiger partial charge on any atom is -0.363 e. The number of amides is 1. The first-order valence-corrected chi connectivity index (χ1v) is 10.4. The molecule has 28 heavy (non-hydrogen) atoms. The van der Waals surface area contributed by atoms with E-state index in [0.29, 0.717) is 19.7 Å². The lowest BCUT2D eigenvalue weighted by molar-refractivity contribution is -0.146. The Labute approximate surface area is 165 Å². The normalized spacial score (nSPS) is 24.4. The van der Waals surface area contributed by atoms with Crippen LogP contribution in [0.25, 0.3) is 0 Å². The average Bonchev–Trinajstić information content (AvgIpc) is 2.78. The van der Waals surface area contributed by atoms with Crippen LogP contribution >= 0.6 is 0 Å². The van der Waals surface area contributed by atoms with Crippen molar-refractivity contribution in [2.75, 3.05) is 19.7 Å². The zero-order valence-electron chi connectivity index (χ0n) is 16.1. The number of aromatic nitrogens is 2. The Morgan fingerprint density at radius 2 is 2.11 bits per heavy atom. The summed E-state index contributed by atoms with van der Waals surface area (Å²) in [5.74, 6) is 0.957. The Kier molecular flexibility index (Phi) is 4.82. The third kappa shape index (κ3) is 3.31. The summed E-state index contributed by atoms with van der Waals surface area (Å²) in [6.45, 7) is 2.88. The maximum Gasteiger partial charge on any atom is 0.256 e. The second kappa shape index (κ2) is 7.60. The van der Waals surface area contributed by atoms with E-state index in [1.807, 2.05) is 29.3 Å². The number of rotatable bonds is 2. The van der Waals surface area contributed by atoms with E-state index >= 15 is 0 Å². The number of carbonyl (C=O) groups excluding carboxylic acids is 1. The molecule has 6 nitrogen and oxygen atoms in total. The second-order valence-electron chi connectivity index (χ2n) is 7.91. The number of fused-ring (bicyclic) bond motifs is 2. The summed E-state index contributed by atoms with van der Waals surface area (Å²) in [5, 5.41) is 3.52. The van der Waals surface area contributed by atoms with Crippen LogP contribution < -0.4 is 5.32 Å². The van der Waals surface area contributed by atoms with Crippen molar-refractivity contribution in [3.63, 3.8) is 0 Å².